The third-order valence-electron chi connectivity index (χ3n) is 4.33. The van der Waals surface area contributed by atoms with E-state index in [1.54, 1.807) is 13.2 Å². The van der Waals surface area contributed by atoms with Crippen LogP contribution >= 0.6 is 0 Å². The van der Waals surface area contributed by atoms with Gasteiger partial charge in [0.05, 0.1) is 13.7 Å². The van der Waals surface area contributed by atoms with Crippen LogP contribution in [-0.2, 0) is 22.7 Å². The van der Waals surface area contributed by atoms with Crippen molar-refractivity contribution in [2.45, 2.75) is 26.1 Å². The zero-order valence-electron chi connectivity index (χ0n) is 14.9. The highest BCUT2D eigenvalue weighted by atomic mass is 16.5. The highest BCUT2D eigenvalue weighted by Gasteiger charge is 2.17. The summed E-state index contributed by atoms with van der Waals surface area (Å²) in [4.78, 5) is 12.1. The summed E-state index contributed by atoms with van der Waals surface area (Å²) in [6, 6.07) is 9.27. The van der Waals surface area contributed by atoms with Gasteiger partial charge in [0.25, 0.3) is 5.91 Å². The van der Waals surface area contributed by atoms with Gasteiger partial charge in [-0.05, 0) is 36.5 Å². The second-order valence-electron chi connectivity index (χ2n) is 6.29. The maximum absolute atomic E-state index is 12.1. The first-order chi connectivity index (χ1) is 12.7. The Bertz CT molecular complexity index is 709. The molecule has 140 valence electrons. The minimum Gasteiger partial charge on any atom is -0.497 e. The molecule has 0 spiro atoms. The van der Waals surface area contributed by atoms with Gasteiger partial charge in [-0.15, -0.1) is 0 Å². The van der Waals surface area contributed by atoms with E-state index in [-0.39, 0.29) is 18.2 Å². The standard InChI is InChI=1S/C19H24N2O5/c1-23-16-4-2-3-15(9-16)12-25-13-17-10-18(21-26-17)19(22)20-11-14-5-7-24-8-6-14/h2-4,9-10,14H,5-8,11-13H2,1H3,(H,20,22). The Morgan fingerprint density at radius 3 is 2.92 bits per heavy atom. The van der Waals surface area contributed by atoms with Crippen LogP contribution in [0.5, 0.6) is 5.75 Å². The lowest BCUT2D eigenvalue weighted by Crippen LogP contribution is -2.32. The number of hydrogen-bond acceptors (Lipinski definition) is 6. The topological polar surface area (TPSA) is 82.8 Å². The molecule has 0 saturated carbocycles. The summed E-state index contributed by atoms with van der Waals surface area (Å²) in [5.74, 6) is 1.54. The first kappa shape index (κ1) is 18.4. The number of amides is 1. The fourth-order valence-corrected chi connectivity index (χ4v) is 2.80. The number of aromatic nitrogens is 1. The van der Waals surface area contributed by atoms with Crippen LogP contribution in [0.3, 0.4) is 0 Å². The molecular weight excluding hydrogens is 336 g/mol. The molecule has 1 saturated heterocycles. The third kappa shape index (κ3) is 5.31. The van der Waals surface area contributed by atoms with Crippen molar-refractivity contribution in [2.75, 3.05) is 26.9 Å². The van der Waals surface area contributed by atoms with Gasteiger partial charge in [-0.2, -0.15) is 0 Å². The fourth-order valence-electron chi connectivity index (χ4n) is 2.80. The summed E-state index contributed by atoms with van der Waals surface area (Å²) >= 11 is 0. The molecule has 2 heterocycles. The van der Waals surface area contributed by atoms with E-state index in [1.807, 2.05) is 24.3 Å². The largest absolute Gasteiger partial charge is 0.497 e. The average Bonchev–Trinajstić information content (AvgIpc) is 3.16. The van der Waals surface area contributed by atoms with Crippen molar-refractivity contribution < 1.29 is 23.5 Å². The number of hydrogen-bond donors (Lipinski definition) is 1. The Balaban J connectivity index is 1.42. The molecule has 1 amide bonds. The van der Waals surface area contributed by atoms with Gasteiger partial charge in [0, 0.05) is 25.8 Å². The van der Waals surface area contributed by atoms with Crippen LogP contribution < -0.4 is 10.1 Å². The van der Waals surface area contributed by atoms with Gasteiger partial charge >= 0.3 is 0 Å². The van der Waals surface area contributed by atoms with Crippen LogP contribution in [0.2, 0.25) is 0 Å². The quantitative estimate of drug-likeness (QED) is 0.779. The second kappa shape index (κ2) is 9.35. The van der Waals surface area contributed by atoms with Crippen LogP contribution in [-0.4, -0.2) is 37.9 Å². The molecule has 0 aliphatic carbocycles. The molecule has 3 rings (SSSR count). The van der Waals surface area contributed by atoms with E-state index < -0.39 is 0 Å². The molecule has 26 heavy (non-hydrogen) atoms. The maximum Gasteiger partial charge on any atom is 0.273 e. The summed E-state index contributed by atoms with van der Waals surface area (Å²) in [6.45, 7) is 2.83. The Morgan fingerprint density at radius 2 is 2.12 bits per heavy atom. The zero-order valence-corrected chi connectivity index (χ0v) is 14.9. The summed E-state index contributed by atoms with van der Waals surface area (Å²) in [7, 11) is 1.63. The number of benzene rings is 1. The predicted octanol–water partition coefficient (Wildman–Crippen LogP) is 2.56. The molecule has 2 aromatic rings. The van der Waals surface area contributed by atoms with Crippen LogP contribution in [0.4, 0.5) is 0 Å². The lowest BCUT2D eigenvalue weighted by atomic mass is 10.0. The van der Waals surface area contributed by atoms with Crippen molar-refractivity contribution in [1.29, 1.82) is 0 Å². The second-order valence-corrected chi connectivity index (χ2v) is 6.29. The summed E-state index contributed by atoms with van der Waals surface area (Å²) in [5, 5.41) is 6.73. The van der Waals surface area contributed by atoms with Crippen LogP contribution in [0.15, 0.2) is 34.9 Å². The van der Waals surface area contributed by atoms with Crippen molar-refractivity contribution >= 4 is 5.91 Å². The Kier molecular flexibility index (Phi) is 6.62. The Morgan fingerprint density at radius 1 is 1.27 bits per heavy atom. The van der Waals surface area contributed by atoms with Gasteiger partial charge in [0.2, 0.25) is 0 Å². The van der Waals surface area contributed by atoms with Crippen molar-refractivity contribution in [3.63, 3.8) is 0 Å². The normalized spacial score (nSPS) is 15.0. The van der Waals surface area contributed by atoms with E-state index >= 15 is 0 Å². The molecule has 1 N–H and O–H groups in total. The number of carbonyl (C=O) groups excluding carboxylic acids is 1. The SMILES string of the molecule is COc1cccc(COCc2cc(C(=O)NCC3CCOCC3)no2)c1. The molecule has 1 fully saturated rings. The average molecular weight is 360 g/mol. The molecule has 0 atom stereocenters. The van der Waals surface area contributed by atoms with Crippen molar-refractivity contribution in [2.24, 2.45) is 5.92 Å². The minimum atomic E-state index is -0.223. The van der Waals surface area contributed by atoms with Gasteiger partial charge in [-0.3, -0.25) is 4.79 Å². The predicted molar refractivity (Wildman–Crippen MR) is 93.9 cm³/mol. The molecule has 1 aromatic heterocycles. The highest BCUT2D eigenvalue weighted by molar-refractivity contribution is 5.92. The molecule has 1 aliphatic heterocycles. The van der Waals surface area contributed by atoms with Crippen LogP contribution in [0.25, 0.3) is 0 Å². The number of methoxy groups -OCH3 is 1. The zero-order chi connectivity index (χ0) is 18.2. The van der Waals surface area contributed by atoms with E-state index in [1.165, 1.54) is 0 Å². The number of ether oxygens (including phenoxy) is 3. The van der Waals surface area contributed by atoms with Crippen LogP contribution in [0.1, 0.15) is 34.7 Å². The van der Waals surface area contributed by atoms with Crippen molar-refractivity contribution in [3.8, 4) is 5.75 Å². The molecule has 0 unspecified atom stereocenters. The smallest absolute Gasteiger partial charge is 0.273 e. The van der Waals surface area contributed by atoms with Gasteiger partial charge < -0.3 is 24.1 Å². The van der Waals surface area contributed by atoms with Gasteiger partial charge in [0.1, 0.15) is 12.4 Å². The highest BCUT2D eigenvalue weighted by Crippen LogP contribution is 2.15. The van der Waals surface area contributed by atoms with Gasteiger partial charge in [-0.25, -0.2) is 0 Å². The molecule has 1 aliphatic rings. The Hall–Kier alpha value is -2.38. The molecule has 7 heteroatoms. The van der Waals surface area contributed by atoms with E-state index in [0.29, 0.717) is 24.8 Å². The van der Waals surface area contributed by atoms with Crippen LogP contribution in [0, 0.1) is 5.92 Å². The molecule has 0 radical (unpaired) electrons. The minimum absolute atomic E-state index is 0.223. The first-order valence-corrected chi connectivity index (χ1v) is 8.77. The Labute approximate surface area is 152 Å². The van der Waals surface area contributed by atoms with E-state index in [2.05, 4.69) is 10.5 Å². The summed E-state index contributed by atoms with van der Waals surface area (Å²) < 4.78 is 21.3. The maximum atomic E-state index is 12.1. The van der Waals surface area contributed by atoms with Gasteiger partial charge in [0.15, 0.2) is 11.5 Å². The lowest BCUT2D eigenvalue weighted by Gasteiger charge is -2.21. The first-order valence-electron chi connectivity index (χ1n) is 8.77. The van der Waals surface area contributed by atoms with Crippen molar-refractivity contribution in [1.82, 2.24) is 10.5 Å². The molecule has 1 aromatic carbocycles. The number of rotatable bonds is 8. The number of nitrogens with zero attached hydrogens (tertiary/aromatic N) is 1. The lowest BCUT2D eigenvalue weighted by molar-refractivity contribution is 0.0641. The fraction of sp³-hybridized carbons (Fsp3) is 0.474. The third-order valence-corrected chi connectivity index (χ3v) is 4.33. The summed E-state index contributed by atoms with van der Waals surface area (Å²) in [6.07, 6.45) is 1.95. The van der Waals surface area contributed by atoms with Crippen molar-refractivity contribution in [3.05, 3.63) is 47.3 Å². The number of nitrogens with one attached hydrogen (secondary N) is 1. The molecule has 7 nitrogen and oxygen atoms in total. The van der Waals surface area contributed by atoms with Gasteiger partial charge in [-0.1, -0.05) is 17.3 Å². The monoisotopic (exact) mass is 360 g/mol. The molecule has 0 bridgehead atoms. The van der Waals surface area contributed by atoms with E-state index in [4.69, 9.17) is 18.7 Å². The van der Waals surface area contributed by atoms with E-state index in [9.17, 15) is 4.79 Å². The number of carbonyl (C=O) groups is 1. The summed E-state index contributed by atoms with van der Waals surface area (Å²) in [5.41, 5.74) is 1.27. The van der Waals surface area contributed by atoms with E-state index in [0.717, 1.165) is 37.4 Å². The molecular formula is C19H24N2O5.